The number of nitrogens with one attached hydrogen (secondary N) is 2. The van der Waals surface area contributed by atoms with Crippen LogP contribution in [-0.2, 0) is 14.3 Å². The van der Waals surface area contributed by atoms with Crippen molar-refractivity contribution in [3.8, 4) is 11.3 Å². The van der Waals surface area contributed by atoms with Crippen molar-refractivity contribution in [2.75, 3.05) is 43.1 Å². The molecule has 0 spiro atoms. The number of para-hydroxylation sites is 1. The molecular weight excluding hydrogens is 624 g/mol. The number of piperidine rings is 1. The van der Waals surface area contributed by atoms with E-state index in [0.29, 0.717) is 31.1 Å². The summed E-state index contributed by atoms with van der Waals surface area (Å²) in [6.45, 7) is 3.85. The Morgan fingerprint density at radius 1 is 0.939 bits per heavy atom. The van der Waals surface area contributed by atoms with Crippen LogP contribution in [0.5, 0.6) is 0 Å². The number of hydrogen-bond acceptors (Lipinski definition) is 10. The quantitative estimate of drug-likeness (QED) is 0.268. The van der Waals surface area contributed by atoms with E-state index in [9.17, 15) is 19.2 Å². The Morgan fingerprint density at radius 3 is 2.55 bits per heavy atom. The average molecular weight is 661 g/mol. The van der Waals surface area contributed by atoms with E-state index in [0.717, 1.165) is 89.6 Å². The Balaban J connectivity index is 0.863. The van der Waals surface area contributed by atoms with Gasteiger partial charge < -0.3 is 15.0 Å². The van der Waals surface area contributed by atoms with Gasteiger partial charge in [0.05, 0.1) is 59.2 Å². The number of carbonyl (C=O) groups excluding carboxylic acids is 4. The highest BCUT2D eigenvalue weighted by molar-refractivity contribution is 6.23. The maximum absolute atomic E-state index is 13.2. The maximum atomic E-state index is 13.2. The van der Waals surface area contributed by atoms with Crippen LogP contribution in [0.25, 0.3) is 22.3 Å². The maximum Gasteiger partial charge on any atom is 0.262 e. The van der Waals surface area contributed by atoms with E-state index in [1.54, 1.807) is 18.2 Å². The van der Waals surface area contributed by atoms with Crippen LogP contribution in [0.3, 0.4) is 0 Å². The van der Waals surface area contributed by atoms with Gasteiger partial charge in [0.15, 0.2) is 0 Å². The van der Waals surface area contributed by atoms with Crippen LogP contribution in [0.4, 0.5) is 11.4 Å². The molecule has 9 rings (SSSR count). The molecule has 2 saturated carbocycles. The number of fused-ring (bicyclic) bond motifs is 2. The number of aromatic nitrogens is 4. The number of imide groups is 2. The van der Waals surface area contributed by atoms with Gasteiger partial charge >= 0.3 is 0 Å². The van der Waals surface area contributed by atoms with E-state index >= 15 is 0 Å². The largest absolute Gasteiger partial charge is 0.385 e. The smallest absolute Gasteiger partial charge is 0.262 e. The summed E-state index contributed by atoms with van der Waals surface area (Å²) in [5, 5.41) is 10.8. The van der Waals surface area contributed by atoms with E-state index in [2.05, 4.69) is 38.5 Å². The molecule has 250 valence electrons. The fourth-order valence-corrected chi connectivity index (χ4v) is 7.59. The molecule has 2 aromatic heterocycles. The lowest BCUT2D eigenvalue weighted by atomic mass is 9.80. The van der Waals surface area contributed by atoms with Crippen molar-refractivity contribution in [2.45, 2.75) is 56.5 Å². The summed E-state index contributed by atoms with van der Waals surface area (Å²) < 4.78 is 7.67. The van der Waals surface area contributed by atoms with Gasteiger partial charge in [-0.2, -0.15) is 5.10 Å². The first-order valence-electron chi connectivity index (χ1n) is 17.2. The molecule has 3 aliphatic heterocycles. The van der Waals surface area contributed by atoms with Crippen LogP contribution in [-0.4, -0.2) is 87.2 Å². The van der Waals surface area contributed by atoms with Crippen molar-refractivity contribution in [3.05, 3.63) is 65.6 Å². The van der Waals surface area contributed by atoms with E-state index in [-0.39, 0.29) is 24.0 Å². The molecule has 13 nitrogen and oxygen atoms in total. The van der Waals surface area contributed by atoms with Crippen LogP contribution >= 0.6 is 0 Å². The highest BCUT2D eigenvalue weighted by atomic mass is 16.5. The number of rotatable bonds is 8. The topological polar surface area (TPSA) is 152 Å². The fraction of sp³-hybridized carbons (Fsp3) is 0.417. The second kappa shape index (κ2) is 11.8. The molecule has 2 aliphatic carbocycles. The Morgan fingerprint density at radius 2 is 1.76 bits per heavy atom. The van der Waals surface area contributed by atoms with E-state index < -0.39 is 29.7 Å². The summed E-state index contributed by atoms with van der Waals surface area (Å²) in [6, 6.07) is 10.6. The van der Waals surface area contributed by atoms with Crippen molar-refractivity contribution >= 4 is 46.0 Å². The molecule has 0 bridgehead atoms. The summed E-state index contributed by atoms with van der Waals surface area (Å²) in [5.41, 5.74) is 7.23. The van der Waals surface area contributed by atoms with E-state index in [1.165, 1.54) is 0 Å². The van der Waals surface area contributed by atoms with Gasteiger partial charge in [-0.05, 0) is 68.4 Å². The molecule has 2 saturated heterocycles. The summed E-state index contributed by atoms with van der Waals surface area (Å²) >= 11 is 0. The predicted molar refractivity (Wildman–Crippen MR) is 179 cm³/mol. The second-order valence-corrected chi connectivity index (χ2v) is 13.8. The van der Waals surface area contributed by atoms with Gasteiger partial charge in [0, 0.05) is 49.4 Å². The minimum Gasteiger partial charge on any atom is -0.385 e. The van der Waals surface area contributed by atoms with Crippen molar-refractivity contribution in [1.82, 2.24) is 30.0 Å². The summed E-state index contributed by atoms with van der Waals surface area (Å²) in [4.78, 5) is 63.5. The molecule has 2 aromatic carbocycles. The molecule has 2 N–H and O–H groups in total. The normalized spacial score (nSPS) is 23.9. The number of nitrogens with zero attached hydrogens (tertiary/aromatic N) is 6. The molecule has 4 fully saturated rings. The van der Waals surface area contributed by atoms with Gasteiger partial charge in [-0.25, -0.2) is 4.98 Å². The summed E-state index contributed by atoms with van der Waals surface area (Å²) in [5.74, 6) is -1.12. The van der Waals surface area contributed by atoms with Gasteiger partial charge in [0.25, 0.3) is 11.8 Å². The van der Waals surface area contributed by atoms with Crippen molar-refractivity contribution in [1.29, 1.82) is 0 Å². The highest BCUT2D eigenvalue weighted by Gasteiger charge is 2.44. The summed E-state index contributed by atoms with van der Waals surface area (Å²) in [7, 11) is 0. The molecule has 4 amide bonds. The van der Waals surface area contributed by atoms with Gasteiger partial charge in [0.2, 0.25) is 11.8 Å². The van der Waals surface area contributed by atoms with Crippen LogP contribution in [0.1, 0.15) is 76.9 Å². The number of ether oxygens (including phenoxy) is 1. The summed E-state index contributed by atoms with van der Waals surface area (Å²) in [6.07, 6.45) is 8.50. The van der Waals surface area contributed by atoms with Crippen molar-refractivity contribution in [2.24, 2.45) is 5.92 Å². The zero-order valence-electron chi connectivity index (χ0n) is 26.9. The van der Waals surface area contributed by atoms with Crippen LogP contribution in [0, 0.1) is 5.92 Å². The fourth-order valence-electron chi connectivity index (χ4n) is 7.59. The standard InChI is InChI=1S/C36H36N8O5/c45-31-9-8-30(34(46)40-31)44-35(47)24-7-6-22(16-25(24)36(44)48)37-17-20-14-23(15-20)43-19-26(32(41-43)21-4-5-21)28-18-38-33-27(39-28)2-1-3-29(33)42-10-12-49-13-11-42/h1-3,6-7,16,18-21,23,30,37H,4-5,8-15,17H2,(H,40,45,46). The Kier molecular flexibility index (Phi) is 7.18. The number of anilines is 2. The van der Waals surface area contributed by atoms with Gasteiger partial charge in [-0.1, -0.05) is 6.07 Å². The highest BCUT2D eigenvalue weighted by Crippen LogP contribution is 2.46. The van der Waals surface area contributed by atoms with Gasteiger partial charge in [0.1, 0.15) is 11.6 Å². The lowest BCUT2D eigenvalue weighted by molar-refractivity contribution is -0.136. The SMILES string of the molecule is O=C1CCC(N2C(=O)c3ccc(NCC4CC(n5cc(-c6cnc7c(N8CCOCC8)cccc7n6)c(C6CC6)n5)C4)cc3C2=O)C(=O)N1. The molecule has 13 heteroatoms. The van der Waals surface area contributed by atoms with Crippen LogP contribution in [0.2, 0.25) is 0 Å². The molecule has 5 heterocycles. The first-order valence-corrected chi connectivity index (χ1v) is 17.2. The van der Waals surface area contributed by atoms with Crippen molar-refractivity contribution in [3.63, 3.8) is 0 Å². The predicted octanol–water partition coefficient (Wildman–Crippen LogP) is 3.67. The monoisotopic (exact) mass is 660 g/mol. The zero-order valence-corrected chi connectivity index (χ0v) is 26.9. The molecule has 5 aliphatic rings. The molecule has 49 heavy (non-hydrogen) atoms. The van der Waals surface area contributed by atoms with E-state index in [4.69, 9.17) is 19.8 Å². The zero-order chi connectivity index (χ0) is 33.2. The Bertz CT molecular complexity index is 2030. The van der Waals surface area contributed by atoms with Crippen LogP contribution in [0.15, 0.2) is 48.8 Å². The lowest BCUT2D eigenvalue weighted by Gasteiger charge is -2.35. The number of carbonyl (C=O) groups is 4. The van der Waals surface area contributed by atoms with Crippen molar-refractivity contribution < 1.29 is 23.9 Å². The van der Waals surface area contributed by atoms with Crippen LogP contribution < -0.4 is 15.5 Å². The third-order valence-electron chi connectivity index (χ3n) is 10.5. The molecular formula is C36H36N8O5. The number of amides is 4. The van der Waals surface area contributed by atoms with E-state index in [1.807, 2.05) is 12.3 Å². The lowest BCUT2D eigenvalue weighted by Crippen LogP contribution is -2.54. The molecule has 1 atom stereocenters. The Labute approximate surface area is 282 Å². The second-order valence-electron chi connectivity index (χ2n) is 13.8. The molecule has 4 aromatic rings. The third-order valence-corrected chi connectivity index (χ3v) is 10.5. The third kappa shape index (κ3) is 5.32. The van der Waals surface area contributed by atoms with Gasteiger partial charge in [-0.3, -0.25) is 39.1 Å². The minimum atomic E-state index is -0.974. The molecule has 1 unspecified atom stereocenters. The van der Waals surface area contributed by atoms with Gasteiger partial charge in [-0.15, -0.1) is 0 Å². The first kappa shape index (κ1) is 29.9. The molecule has 0 radical (unpaired) electrons. The number of benzene rings is 2. The minimum absolute atomic E-state index is 0.0920. The number of hydrogen-bond donors (Lipinski definition) is 2. The Hall–Kier alpha value is -5.17. The number of morpholine rings is 1. The average Bonchev–Trinajstić information content (AvgIpc) is 3.81. The first-order chi connectivity index (χ1) is 23.9.